The quantitative estimate of drug-likeness (QED) is 0.534. The molecule has 0 aliphatic heterocycles. The van der Waals surface area contributed by atoms with Crippen molar-refractivity contribution in [2.45, 2.75) is 31.2 Å². The van der Waals surface area contributed by atoms with Gasteiger partial charge >= 0.3 is 0 Å². The number of ether oxygens (including phenoxy) is 1. The van der Waals surface area contributed by atoms with Gasteiger partial charge in [-0.25, -0.2) is 4.99 Å². The Kier molecular flexibility index (Phi) is 5.14. The lowest BCUT2D eigenvalue weighted by Gasteiger charge is -2.36. The van der Waals surface area contributed by atoms with E-state index >= 15 is 0 Å². The second kappa shape index (κ2) is 6.16. The summed E-state index contributed by atoms with van der Waals surface area (Å²) in [7, 11) is 5.20. The minimum atomic E-state index is -0.999. The average molecular weight is 248 g/mol. The van der Waals surface area contributed by atoms with Crippen LogP contribution in [-0.4, -0.2) is 67.3 Å². The molecule has 0 radical (unpaired) electrons. The summed E-state index contributed by atoms with van der Waals surface area (Å²) in [5, 5.41) is 19.2. The van der Waals surface area contributed by atoms with Crippen molar-refractivity contribution in [1.82, 2.24) is 4.90 Å². The van der Waals surface area contributed by atoms with Crippen LogP contribution in [0.2, 0.25) is 0 Å². The molecule has 0 amide bonds. The van der Waals surface area contributed by atoms with Gasteiger partial charge in [0.15, 0.2) is 0 Å². The molecule has 1 aliphatic rings. The van der Waals surface area contributed by atoms with Gasteiger partial charge in [0.25, 0.3) is 6.02 Å². The van der Waals surface area contributed by atoms with Crippen molar-refractivity contribution in [3.63, 3.8) is 0 Å². The van der Waals surface area contributed by atoms with Crippen LogP contribution in [0.15, 0.2) is 4.99 Å². The van der Waals surface area contributed by atoms with E-state index in [1.54, 1.807) is 26.0 Å². The van der Waals surface area contributed by atoms with Gasteiger partial charge < -0.3 is 19.8 Å². The maximum Gasteiger partial charge on any atom is 0.286 e. The first-order chi connectivity index (χ1) is 7.99. The maximum atomic E-state index is 12.7. The Morgan fingerprint density at radius 1 is 1.41 bits per heavy atom. The second-order valence-corrected chi connectivity index (χ2v) is 4.58. The molecule has 0 bridgehead atoms. The number of rotatable bonds is 2. The summed E-state index contributed by atoms with van der Waals surface area (Å²) in [4.78, 5) is 5.67. The maximum absolute atomic E-state index is 12.7. The minimum Gasteiger partial charge on any atom is -0.462 e. The number of nitrogens with zero attached hydrogens (tertiary/aromatic N) is 2. The Balaban J connectivity index is 2.61. The first-order valence-electron chi connectivity index (χ1n) is 5.72. The molecule has 0 spiro atoms. The summed E-state index contributed by atoms with van der Waals surface area (Å²) >= 11 is 0. The number of alkyl halides is 1. The Morgan fingerprint density at radius 2 is 2.06 bits per heavy atom. The van der Waals surface area contributed by atoms with Crippen LogP contribution in [0.3, 0.4) is 0 Å². The highest BCUT2D eigenvalue weighted by Gasteiger charge is 2.37. The normalized spacial score (nSPS) is 34.6. The molecule has 0 aromatic rings. The number of aliphatic imine (C=N–C) groups is 1. The summed E-state index contributed by atoms with van der Waals surface area (Å²) in [6.07, 6.45) is -1.56. The third-order valence-corrected chi connectivity index (χ3v) is 2.99. The third-order valence-electron chi connectivity index (χ3n) is 2.99. The van der Waals surface area contributed by atoms with Crippen LogP contribution in [0.4, 0.5) is 4.39 Å². The standard InChI is InChI=1S/C11H21FN2O3/c1-13-11(14(2)3)17-8-4-7(6-12)10(16)9(15)5-8/h7-10,15-16H,4-6H2,1-3H3/t7-,8+,9-,10-/m1/s1. The van der Waals surface area contributed by atoms with Crippen LogP contribution in [0, 0.1) is 5.92 Å². The molecule has 0 saturated heterocycles. The largest absolute Gasteiger partial charge is 0.462 e. The molecule has 17 heavy (non-hydrogen) atoms. The van der Waals surface area contributed by atoms with E-state index in [4.69, 9.17) is 4.74 Å². The van der Waals surface area contributed by atoms with Crippen molar-refractivity contribution < 1.29 is 19.3 Å². The smallest absolute Gasteiger partial charge is 0.286 e. The van der Waals surface area contributed by atoms with Gasteiger partial charge in [-0.15, -0.1) is 0 Å². The SMILES string of the molecule is CN=C(O[C@H]1C[C@H](CF)[C@@H](O)[C@H](O)C1)N(C)C. The van der Waals surface area contributed by atoms with E-state index in [2.05, 4.69) is 4.99 Å². The molecule has 1 aliphatic carbocycles. The fourth-order valence-corrected chi connectivity index (χ4v) is 2.05. The molecule has 4 atom stereocenters. The number of halogens is 1. The van der Waals surface area contributed by atoms with E-state index in [0.29, 0.717) is 18.9 Å². The monoisotopic (exact) mass is 248 g/mol. The number of hydrogen-bond donors (Lipinski definition) is 2. The van der Waals surface area contributed by atoms with Gasteiger partial charge in [0.1, 0.15) is 6.10 Å². The third kappa shape index (κ3) is 3.54. The molecule has 2 N–H and O–H groups in total. The number of amidine groups is 1. The van der Waals surface area contributed by atoms with Crippen molar-refractivity contribution in [2.24, 2.45) is 10.9 Å². The highest BCUT2D eigenvalue weighted by Crippen LogP contribution is 2.28. The molecule has 6 heteroatoms. The van der Waals surface area contributed by atoms with E-state index in [1.807, 2.05) is 0 Å². The van der Waals surface area contributed by atoms with Crippen LogP contribution < -0.4 is 0 Å². The molecule has 0 aromatic heterocycles. The van der Waals surface area contributed by atoms with Crippen molar-refractivity contribution in [3.8, 4) is 0 Å². The topological polar surface area (TPSA) is 65.3 Å². The number of hydrogen-bond acceptors (Lipinski definition) is 4. The van der Waals surface area contributed by atoms with E-state index in [9.17, 15) is 14.6 Å². The van der Waals surface area contributed by atoms with Gasteiger partial charge in [0.2, 0.25) is 0 Å². The van der Waals surface area contributed by atoms with Crippen LogP contribution in [0.1, 0.15) is 12.8 Å². The van der Waals surface area contributed by atoms with Crippen molar-refractivity contribution in [2.75, 3.05) is 27.8 Å². The van der Waals surface area contributed by atoms with Gasteiger partial charge in [-0.05, 0) is 6.42 Å². The zero-order valence-electron chi connectivity index (χ0n) is 10.5. The molecule has 0 heterocycles. The first-order valence-corrected chi connectivity index (χ1v) is 5.72. The summed E-state index contributed by atoms with van der Waals surface area (Å²) in [5.74, 6) is -0.566. The molecule has 1 saturated carbocycles. The van der Waals surface area contributed by atoms with E-state index in [0.717, 1.165) is 0 Å². The minimum absolute atomic E-state index is 0.296. The molecule has 5 nitrogen and oxygen atoms in total. The summed E-state index contributed by atoms with van der Waals surface area (Å²) in [5.41, 5.74) is 0. The number of aliphatic hydroxyl groups is 2. The van der Waals surface area contributed by atoms with E-state index < -0.39 is 24.8 Å². The molecule has 0 aromatic carbocycles. The van der Waals surface area contributed by atoms with Gasteiger partial charge in [-0.2, -0.15) is 0 Å². The highest BCUT2D eigenvalue weighted by atomic mass is 19.1. The van der Waals surface area contributed by atoms with Crippen LogP contribution in [0.5, 0.6) is 0 Å². The lowest BCUT2D eigenvalue weighted by molar-refractivity contribution is -0.0866. The molecule has 0 unspecified atom stereocenters. The average Bonchev–Trinajstić information content (AvgIpc) is 2.29. The van der Waals surface area contributed by atoms with Crippen LogP contribution in [0.25, 0.3) is 0 Å². The first kappa shape index (κ1) is 14.2. The zero-order chi connectivity index (χ0) is 13.0. The summed E-state index contributed by atoms with van der Waals surface area (Å²) in [6, 6.07) is 0.441. The van der Waals surface area contributed by atoms with Crippen molar-refractivity contribution in [1.29, 1.82) is 0 Å². The van der Waals surface area contributed by atoms with Gasteiger partial charge in [0.05, 0.1) is 18.9 Å². The molecular weight excluding hydrogens is 227 g/mol. The zero-order valence-corrected chi connectivity index (χ0v) is 10.5. The second-order valence-electron chi connectivity index (χ2n) is 4.58. The molecule has 1 rings (SSSR count). The van der Waals surface area contributed by atoms with Crippen LogP contribution >= 0.6 is 0 Å². The van der Waals surface area contributed by atoms with Gasteiger partial charge in [-0.3, -0.25) is 4.39 Å². The van der Waals surface area contributed by atoms with Crippen molar-refractivity contribution >= 4 is 6.02 Å². The van der Waals surface area contributed by atoms with E-state index in [1.165, 1.54) is 0 Å². The lowest BCUT2D eigenvalue weighted by atomic mass is 9.83. The lowest BCUT2D eigenvalue weighted by Crippen LogP contribution is -2.46. The predicted octanol–water partition coefficient (Wildman–Crippen LogP) is 0.0203. The molecule has 1 fully saturated rings. The summed E-state index contributed by atoms with van der Waals surface area (Å²) < 4.78 is 18.3. The Bertz CT molecular complexity index is 273. The van der Waals surface area contributed by atoms with Crippen molar-refractivity contribution in [3.05, 3.63) is 0 Å². The fourth-order valence-electron chi connectivity index (χ4n) is 2.05. The predicted molar refractivity (Wildman–Crippen MR) is 62.6 cm³/mol. The van der Waals surface area contributed by atoms with Crippen LogP contribution in [-0.2, 0) is 4.74 Å². The fraction of sp³-hybridized carbons (Fsp3) is 0.909. The van der Waals surface area contributed by atoms with Gasteiger partial charge in [-0.1, -0.05) is 0 Å². The molecular formula is C11H21FN2O3. The summed E-state index contributed by atoms with van der Waals surface area (Å²) in [6.45, 7) is -0.654. The Morgan fingerprint density at radius 3 is 2.53 bits per heavy atom. The van der Waals surface area contributed by atoms with Gasteiger partial charge in [0, 0.05) is 33.5 Å². The number of aliphatic hydroxyl groups excluding tert-OH is 2. The van der Waals surface area contributed by atoms with E-state index in [-0.39, 0.29) is 6.10 Å². The Hall–Kier alpha value is -0.880. The Labute approximate surface area is 101 Å². The highest BCUT2D eigenvalue weighted by molar-refractivity contribution is 5.73. The molecule has 100 valence electrons.